The average Bonchev–Trinajstić information content (AvgIpc) is 3.37. The highest BCUT2D eigenvalue weighted by Crippen LogP contribution is 2.26. The van der Waals surface area contributed by atoms with Crippen LogP contribution in [0.25, 0.3) is 0 Å². The molecule has 0 aliphatic carbocycles. The van der Waals surface area contributed by atoms with Gasteiger partial charge >= 0.3 is 0 Å². The maximum Gasteiger partial charge on any atom is 0.263 e. The summed E-state index contributed by atoms with van der Waals surface area (Å²) in [5.74, 6) is -0.0405. The third kappa shape index (κ3) is 4.74. The molecule has 162 valence electrons. The number of thiazole rings is 1. The number of nitrogens with one attached hydrogen (secondary N) is 2. The number of benzene rings is 2. The second-order valence-electron chi connectivity index (χ2n) is 7.18. The third-order valence-electron chi connectivity index (χ3n) is 5.20. The number of halogens is 1. The lowest BCUT2D eigenvalue weighted by molar-refractivity contribution is -0.118. The predicted molar refractivity (Wildman–Crippen MR) is 123 cm³/mol. The van der Waals surface area contributed by atoms with Gasteiger partial charge in [-0.3, -0.25) is 9.52 Å². The summed E-state index contributed by atoms with van der Waals surface area (Å²) in [6.45, 7) is 3.06. The van der Waals surface area contributed by atoms with E-state index in [1.165, 1.54) is 29.7 Å². The van der Waals surface area contributed by atoms with Gasteiger partial charge in [-0.25, -0.2) is 13.4 Å². The molecule has 31 heavy (non-hydrogen) atoms. The molecule has 2 heterocycles. The van der Waals surface area contributed by atoms with Gasteiger partial charge in [-0.15, -0.1) is 11.3 Å². The van der Waals surface area contributed by atoms with Crippen LogP contribution in [0.2, 0.25) is 5.02 Å². The molecule has 1 aromatic heterocycles. The summed E-state index contributed by atoms with van der Waals surface area (Å²) in [6, 6.07) is 11.7. The standard InChI is InChI=1S/C21H21ClN4O3S2/c1-14-3-2-4-18(22)17(14)13-24-19-9-11-26(20(19)27)15-5-7-16(8-6-15)31(28,29)25-21-23-10-12-30-21/h2-8,10,12,19,24H,9,11,13H2,1H3,(H,23,25). The Morgan fingerprint density at radius 1 is 1.23 bits per heavy atom. The number of carbonyl (C=O) groups is 1. The Hall–Kier alpha value is -2.46. The minimum absolute atomic E-state index is 0.0405. The summed E-state index contributed by atoms with van der Waals surface area (Å²) in [5, 5.41) is 5.98. The molecular weight excluding hydrogens is 456 g/mol. The van der Waals surface area contributed by atoms with Crippen molar-refractivity contribution in [3.8, 4) is 0 Å². The van der Waals surface area contributed by atoms with Gasteiger partial charge in [0, 0.05) is 35.4 Å². The van der Waals surface area contributed by atoms with Crippen molar-refractivity contribution in [3.63, 3.8) is 0 Å². The Bertz CT molecular complexity index is 1160. The number of amides is 1. The molecule has 3 aromatic rings. The average molecular weight is 477 g/mol. The Labute approximate surface area is 190 Å². The molecule has 1 saturated heterocycles. The highest BCUT2D eigenvalue weighted by Gasteiger charge is 2.32. The molecule has 0 spiro atoms. The number of anilines is 2. The summed E-state index contributed by atoms with van der Waals surface area (Å²) in [4.78, 5) is 18.6. The maximum absolute atomic E-state index is 12.9. The monoisotopic (exact) mass is 476 g/mol. The summed E-state index contributed by atoms with van der Waals surface area (Å²) in [5.41, 5.74) is 2.72. The van der Waals surface area contributed by atoms with Crippen molar-refractivity contribution in [2.45, 2.75) is 30.8 Å². The van der Waals surface area contributed by atoms with Crippen LogP contribution in [-0.4, -0.2) is 31.9 Å². The topological polar surface area (TPSA) is 91.4 Å². The summed E-state index contributed by atoms with van der Waals surface area (Å²) < 4.78 is 27.4. The Kier molecular flexibility index (Phi) is 6.29. The van der Waals surface area contributed by atoms with Gasteiger partial charge in [0.2, 0.25) is 5.91 Å². The number of nitrogens with zero attached hydrogens (tertiary/aromatic N) is 2. The third-order valence-corrected chi connectivity index (χ3v) is 7.72. The number of carbonyl (C=O) groups excluding carboxylic acids is 1. The molecule has 2 N–H and O–H groups in total. The fraction of sp³-hybridized carbons (Fsp3) is 0.238. The van der Waals surface area contributed by atoms with E-state index >= 15 is 0 Å². The Balaban J connectivity index is 1.42. The molecule has 1 aliphatic heterocycles. The largest absolute Gasteiger partial charge is 0.311 e. The fourth-order valence-electron chi connectivity index (χ4n) is 3.49. The molecule has 0 bridgehead atoms. The number of rotatable bonds is 7. The van der Waals surface area contributed by atoms with Crippen LogP contribution >= 0.6 is 22.9 Å². The van der Waals surface area contributed by atoms with Crippen molar-refractivity contribution in [2.75, 3.05) is 16.2 Å². The van der Waals surface area contributed by atoms with Crippen molar-refractivity contribution in [1.29, 1.82) is 0 Å². The van der Waals surface area contributed by atoms with Gasteiger partial charge < -0.3 is 10.2 Å². The van der Waals surface area contributed by atoms with E-state index in [0.29, 0.717) is 35.4 Å². The van der Waals surface area contributed by atoms with Crippen molar-refractivity contribution in [3.05, 3.63) is 70.2 Å². The SMILES string of the molecule is Cc1cccc(Cl)c1CNC1CCN(c2ccc(S(=O)(=O)Nc3nccs3)cc2)C1=O. The minimum atomic E-state index is -3.73. The summed E-state index contributed by atoms with van der Waals surface area (Å²) >= 11 is 7.48. The van der Waals surface area contributed by atoms with E-state index in [9.17, 15) is 13.2 Å². The molecule has 1 unspecified atom stereocenters. The fourth-order valence-corrected chi connectivity index (χ4v) is 5.57. The molecular formula is C21H21ClN4O3S2. The normalized spacial score (nSPS) is 16.6. The summed E-state index contributed by atoms with van der Waals surface area (Å²) in [6.07, 6.45) is 2.19. The van der Waals surface area contributed by atoms with E-state index < -0.39 is 10.0 Å². The van der Waals surface area contributed by atoms with Crippen LogP contribution in [0.15, 0.2) is 58.9 Å². The lowest BCUT2D eigenvalue weighted by atomic mass is 10.1. The van der Waals surface area contributed by atoms with Crippen LogP contribution in [0.5, 0.6) is 0 Å². The molecule has 0 saturated carbocycles. The highest BCUT2D eigenvalue weighted by molar-refractivity contribution is 7.93. The van der Waals surface area contributed by atoms with E-state index in [1.807, 2.05) is 25.1 Å². The summed E-state index contributed by atoms with van der Waals surface area (Å²) in [7, 11) is -3.73. The quantitative estimate of drug-likeness (QED) is 0.541. The second kappa shape index (κ2) is 8.96. The molecule has 7 nitrogen and oxygen atoms in total. The number of aromatic nitrogens is 1. The first-order chi connectivity index (χ1) is 14.8. The van der Waals surface area contributed by atoms with Crippen LogP contribution in [0.3, 0.4) is 0 Å². The minimum Gasteiger partial charge on any atom is -0.311 e. The van der Waals surface area contributed by atoms with Gasteiger partial charge in [0.25, 0.3) is 10.0 Å². The van der Waals surface area contributed by atoms with Gasteiger partial charge in [-0.05, 0) is 54.8 Å². The molecule has 4 rings (SSSR count). The first-order valence-corrected chi connectivity index (χ1v) is 12.4. The Morgan fingerprint density at radius 2 is 2.00 bits per heavy atom. The van der Waals surface area contributed by atoms with Crippen molar-refractivity contribution >= 4 is 49.7 Å². The second-order valence-corrected chi connectivity index (χ2v) is 10.2. The molecule has 1 atom stereocenters. The maximum atomic E-state index is 12.9. The first kappa shape index (κ1) is 21.8. The molecule has 1 aliphatic rings. The van der Waals surface area contributed by atoms with E-state index in [4.69, 9.17) is 11.6 Å². The van der Waals surface area contributed by atoms with Crippen LogP contribution < -0.4 is 14.9 Å². The van der Waals surface area contributed by atoms with Gasteiger partial charge in [-0.1, -0.05) is 23.7 Å². The zero-order chi connectivity index (χ0) is 22.0. The number of hydrogen-bond donors (Lipinski definition) is 2. The zero-order valence-corrected chi connectivity index (χ0v) is 19.1. The van der Waals surface area contributed by atoms with Crippen molar-refractivity contribution in [2.24, 2.45) is 0 Å². The predicted octanol–water partition coefficient (Wildman–Crippen LogP) is 3.80. The molecule has 2 aromatic carbocycles. The smallest absolute Gasteiger partial charge is 0.263 e. The first-order valence-electron chi connectivity index (χ1n) is 9.66. The van der Waals surface area contributed by atoms with E-state index in [1.54, 1.807) is 22.4 Å². The van der Waals surface area contributed by atoms with Crippen LogP contribution in [-0.2, 0) is 21.4 Å². The van der Waals surface area contributed by atoms with Gasteiger partial charge in [0.15, 0.2) is 5.13 Å². The van der Waals surface area contributed by atoms with Crippen LogP contribution in [0, 0.1) is 6.92 Å². The van der Waals surface area contributed by atoms with E-state index in [0.717, 1.165) is 11.1 Å². The zero-order valence-electron chi connectivity index (χ0n) is 16.7. The molecule has 10 heteroatoms. The van der Waals surface area contributed by atoms with Crippen LogP contribution in [0.4, 0.5) is 10.8 Å². The Morgan fingerprint density at radius 3 is 2.68 bits per heavy atom. The molecule has 1 fully saturated rings. The number of sulfonamides is 1. The van der Waals surface area contributed by atoms with Crippen molar-refractivity contribution in [1.82, 2.24) is 10.3 Å². The van der Waals surface area contributed by atoms with E-state index in [-0.39, 0.29) is 16.8 Å². The number of aryl methyl sites for hydroxylation is 1. The lowest BCUT2D eigenvalue weighted by Crippen LogP contribution is -2.38. The number of hydrogen-bond acceptors (Lipinski definition) is 6. The molecule has 0 radical (unpaired) electrons. The lowest BCUT2D eigenvalue weighted by Gasteiger charge is -2.18. The van der Waals surface area contributed by atoms with Gasteiger partial charge in [0.05, 0.1) is 10.9 Å². The van der Waals surface area contributed by atoms with Gasteiger partial charge in [-0.2, -0.15) is 0 Å². The van der Waals surface area contributed by atoms with Crippen molar-refractivity contribution < 1.29 is 13.2 Å². The molecule has 1 amide bonds. The highest BCUT2D eigenvalue weighted by atomic mass is 35.5. The van der Waals surface area contributed by atoms with E-state index in [2.05, 4.69) is 15.0 Å². The van der Waals surface area contributed by atoms with Gasteiger partial charge in [0.1, 0.15) is 0 Å². The van der Waals surface area contributed by atoms with Crippen LogP contribution in [0.1, 0.15) is 17.5 Å².